The first-order chi connectivity index (χ1) is 15.4. The van der Waals surface area contributed by atoms with E-state index in [0.29, 0.717) is 5.75 Å². The van der Waals surface area contributed by atoms with Gasteiger partial charge in [-0.25, -0.2) is 4.98 Å². The molecule has 5 rings (SSSR count). The van der Waals surface area contributed by atoms with Gasteiger partial charge in [0.1, 0.15) is 16.7 Å². The van der Waals surface area contributed by atoms with Crippen molar-refractivity contribution in [1.29, 1.82) is 0 Å². The first-order valence-electron chi connectivity index (χ1n) is 9.23. The molecule has 0 aliphatic heterocycles. The van der Waals surface area contributed by atoms with E-state index in [1.807, 2.05) is 18.2 Å². The monoisotopic (exact) mass is 460 g/mol. The zero-order chi connectivity index (χ0) is 22.3. The van der Waals surface area contributed by atoms with E-state index in [1.165, 1.54) is 12.5 Å². The molecule has 0 amide bonds. The van der Waals surface area contributed by atoms with Gasteiger partial charge in [0.25, 0.3) is 5.89 Å². The molecule has 7 nitrogen and oxygen atoms in total. The Morgan fingerprint density at radius 2 is 1.88 bits per heavy atom. The van der Waals surface area contributed by atoms with Gasteiger partial charge >= 0.3 is 6.18 Å². The second-order valence-corrected chi connectivity index (χ2v) is 7.04. The molecular formula is C21H12ClF3N4O3. The van der Waals surface area contributed by atoms with Gasteiger partial charge in [0, 0.05) is 11.8 Å². The molecule has 0 atom stereocenters. The molecule has 0 aliphatic carbocycles. The number of furan rings is 1. The Bertz CT molecular complexity index is 1380. The number of halogens is 4. The second kappa shape index (κ2) is 7.72. The highest BCUT2D eigenvalue weighted by molar-refractivity contribution is 6.32. The molecule has 11 heteroatoms. The summed E-state index contributed by atoms with van der Waals surface area (Å²) in [7, 11) is 0. The number of benzene rings is 1. The molecule has 0 aliphatic rings. The van der Waals surface area contributed by atoms with E-state index in [4.69, 9.17) is 25.3 Å². The van der Waals surface area contributed by atoms with Crippen molar-refractivity contribution in [2.24, 2.45) is 0 Å². The largest absolute Gasteiger partial charge is 0.485 e. The molecule has 0 bridgehead atoms. The van der Waals surface area contributed by atoms with E-state index in [-0.39, 0.29) is 40.5 Å². The molecule has 0 fully saturated rings. The molecular weight excluding hydrogens is 449 g/mol. The highest BCUT2D eigenvalue weighted by Crippen LogP contribution is 2.38. The van der Waals surface area contributed by atoms with E-state index < -0.39 is 17.4 Å². The summed E-state index contributed by atoms with van der Waals surface area (Å²) < 4.78 is 58.3. The van der Waals surface area contributed by atoms with Gasteiger partial charge < -0.3 is 13.7 Å². The van der Waals surface area contributed by atoms with Crippen molar-refractivity contribution >= 4 is 17.2 Å². The summed E-state index contributed by atoms with van der Waals surface area (Å²) >= 11 is 6.37. The molecule has 4 heterocycles. The molecule has 32 heavy (non-hydrogen) atoms. The van der Waals surface area contributed by atoms with Gasteiger partial charge in [0.05, 0.1) is 11.8 Å². The van der Waals surface area contributed by atoms with Crippen LogP contribution in [0.5, 0.6) is 5.75 Å². The van der Waals surface area contributed by atoms with Crippen LogP contribution in [0.25, 0.3) is 28.6 Å². The second-order valence-electron chi connectivity index (χ2n) is 6.68. The maximum absolute atomic E-state index is 13.8. The average Bonchev–Trinajstić information content (AvgIpc) is 3.52. The average molecular weight is 461 g/mol. The Morgan fingerprint density at radius 1 is 1.06 bits per heavy atom. The lowest BCUT2D eigenvalue weighted by molar-refractivity contribution is -0.136. The van der Waals surface area contributed by atoms with Crippen LogP contribution in [0.2, 0.25) is 5.15 Å². The van der Waals surface area contributed by atoms with Gasteiger partial charge in [0.2, 0.25) is 5.82 Å². The number of fused-ring (bicyclic) bond motifs is 1. The molecule has 1 aromatic carbocycles. The van der Waals surface area contributed by atoms with Gasteiger partial charge in [0.15, 0.2) is 17.9 Å². The van der Waals surface area contributed by atoms with Gasteiger partial charge in [-0.15, -0.1) is 0 Å². The lowest BCUT2D eigenvalue weighted by Crippen LogP contribution is -2.08. The zero-order valence-electron chi connectivity index (χ0n) is 16.0. The lowest BCUT2D eigenvalue weighted by Gasteiger charge is -2.10. The summed E-state index contributed by atoms with van der Waals surface area (Å²) in [4.78, 5) is 8.20. The van der Waals surface area contributed by atoms with Crippen LogP contribution in [0.3, 0.4) is 0 Å². The standard InChI is InChI=1S/C21H12ClF3N4O3/c22-18-17(20-26-16(28-32-20)11-31-13-5-2-1-3-6-13)27-19-14(21(23,24)25)9-12(10-29(18)19)15-7-4-8-30-15/h1-10H,11H2. The van der Waals surface area contributed by atoms with Crippen molar-refractivity contribution in [3.63, 3.8) is 0 Å². The number of rotatable bonds is 5. The van der Waals surface area contributed by atoms with Crippen LogP contribution < -0.4 is 4.74 Å². The predicted octanol–water partition coefficient (Wildman–Crippen LogP) is 5.90. The minimum Gasteiger partial charge on any atom is -0.485 e. The minimum absolute atomic E-state index is 0.00501. The maximum Gasteiger partial charge on any atom is 0.420 e. The fraction of sp³-hybridized carbons (Fsp3) is 0.0952. The number of ether oxygens (including phenoxy) is 1. The number of pyridine rings is 1. The fourth-order valence-corrected chi connectivity index (χ4v) is 3.36. The third-order valence-corrected chi connectivity index (χ3v) is 4.92. The smallest absolute Gasteiger partial charge is 0.420 e. The molecule has 0 unspecified atom stereocenters. The van der Waals surface area contributed by atoms with Crippen molar-refractivity contribution in [3.05, 3.63) is 77.5 Å². The Morgan fingerprint density at radius 3 is 2.59 bits per heavy atom. The summed E-state index contributed by atoms with van der Waals surface area (Å²) in [5.41, 5.74) is -1.27. The van der Waals surface area contributed by atoms with E-state index in [9.17, 15) is 13.2 Å². The molecule has 5 aromatic rings. The van der Waals surface area contributed by atoms with E-state index in [2.05, 4.69) is 15.1 Å². The number of para-hydroxylation sites is 1. The van der Waals surface area contributed by atoms with Gasteiger partial charge in [-0.3, -0.25) is 4.40 Å². The first kappa shape index (κ1) is 20.1. The van der Waals surface area contributed by atoms with E-state index >= 15 is 0 Å². The highest BCUT2D eigenvalue weighted by Gasteiger charge is 2.36. The zero-order valence-corrected chi connectivity index (χ0v) is 16.8. The van der Waals surface area contributed by atoms with Crippen LogP contribution in [-0.4, -0.2) is 19.5 Å². The molecule has 0 spiro atoms. The van der Waals surface area contributed by atoms with E-state index in [1.54, 1.807) is 24.3 Å². The van der Waals surface area contributed by atoms with Crippen molar-refractivity contribution in [2.75, 3.05) is 0 Å². The molecule has 0 N–H and O–H groups in total. The van der Waals surface area contributed by atoms with Crippen LogP contribution in [0.1, 0.15) is 11.4 Å². The fourth-order valence-electron chi connectivity index (χ4n) is 3.11. The summed E-state index contributed by atoms with van der Waals surface area (Å²) in [6, 6.07) is 13.1. The van der Waals surface area contributed by atoms with Crippen LogP contribution in [0, 0.1) is 0 Å². The number of nitrogens with zero attached hydrogens (tertiary/aromatic N) is 4. The number of hydrogen-bond acceptors (Lipinski definition) is 6. The van der Waals surface area contributed by atoms with Crippen LogP contribution in [-0.2, 0) is 12.8 Å². The van der Waals surface area contributed by atoms with Gasteiger partial charge in [-0.1, -0.05) is 35.0 Å². The normalized spacial score (nSPS) is 11.9. The number of hydrogen-bond donors (Lipinski definition) is 0. The number of aromatic nitrogens is 4. The SMILES string of the molecule is FC(F)(F)c1cc(-c2ccco2)cn2c(Cl)c(-c3nc(COc4ccccc4)no3)nc12. The third-order valence-electron chi connectivity index (χ3n) is 4.55. The van der Waals surface area contributed by atoms with Crippen molar-refractivity contribution < 1.29 is 26.8 Å². The molecule has 0 radical (unpaired) electrons. The van der Waals surface area contributed by atoms with Crippen LogP contribution >= 0.6 is 11.6 Å². The van der Waals surface area contributed by atoms with Crippen molar-refractivity contribution in [1.82, 2.24) is 19.5 Å². The van der Waals surface area contributed by atoms with Crippen molar-refractivity contribution in [3.8, 4) is 28.7 Å². The Hall–Kier alpha value is -3.79. The van der Waals surface area contributed by atoms with Gasteiger partial charge in [-0.05, 0) is 30.3 Å². The Labute approximate surface area is 183 Å². The topological polar surface area (TPSA) is 78.6 Å². The summed E-state index contributed by atoms with van der Waals surface area (Å²) in [5, 5.41) is 3.68. The molecule has 162 valence electrons. The third kappa shape index (κ3) is 3.69. The minimum atomic E-state index is -4.68. The summed E-state index contributed by atoms with van der Waals surface area (Å²) in [6.07, 6.45) is -1.91. The quantitative estimate of drug-likeness (QED) is 0.325. The maximum atomic E-state index is 13.8. The molecule has 0 saturated carbocycles. The predicted molar refractivity (Wildman–Crippen MR) is 107 cm³/mol. The van der Waals surface area contributed by atoms with Gasteiger partial charge in [-0.2, -0.15) is 18.2 Å². The molecule has 4 aromatic heterocycles. The Balaban J connectivity index is 1.54. The summed E-state index contributed by atoms with van der Waals surface area (Å²) in [5.74, 6) is 0.911. The lowest BCUT2D eigenvalue weighted by atomic mass is 10.1. The van der Waals surface area contributed by atoms with Crippen LogP contribution in [0.15, 0.2) is 69.9 Å². The summed E-state index contributed by atoms with van der Waals surface area (Å²) in [6.45, 7) is -0.00501. The highest BCUT2D eigenvalue weighted by atomic mass is 35.5. The van der Waals surface area contributed by atoms with E-state index in [0.717, 1.165) is 10.5 Å². The first-order valence-corrected chi connectivity index (χ1v) is 9.61. The van der Waals surface area contributed by atoms with Crippen LogP contribution in [0.4, 0.5) is 13.2 Å². The number of alkyl halides is 3. The Kier molecular flexibility index (Phi) is 4.86. The number of imidazole rings is 1. The molecule has 0 saturated heterocycles. The van der Waals surface area contributed by atoms with Crippen molar-refractivity contribution in [2.45, 2.75) is 12.8 Å².